The topological polar surface area (TPSA) is 26.0 Å². The SMILES string of the molecule is C/C=C/c1ccc(N)c2ccccc12. The van der Waals surface area contributed by atoms with Crippen LogP contribution in [0.25, 0.3) is 16.8 Å². The van der Waals surface area contributed by atoms with E-state index in [-0.39, 0.29) is 0 Å². The summed E-state index contributed by atoms with van der Waals surface area (Å²) in [5.41, 5.74) is 7.96. The van der Waals surface area contributed by atoms with E-state index in [1.165, 1.54) is 10.9 Å². The van der Waals surface area contributed by atoms with Crippen molar-refractivity contribution < 1.29 is 0 Å². The monoisotopic (exact) mass is 183 g/mol. The maximum atomic E-state index is 5.90. The molecule has 0 aromatic heterocycles. The molecule has 0 heterocycles. The van der Waals surface area contributed by atoms with Crippen LogP contribution >= 0.6 is 0 Å². The van der Waals surface area contributed by atoms with Gasteiger partial charge in [-0.25, -0.2) is 0 Å². The molecule has 0 spiro atoms. The van der Waals surface area contributed by atoms with Gasteiger partial charge in [-0.05, 0) is 23.9 Å². The molecule has 0 aliphatic carbocycles. The molecule has 2 aromatic rings. The average molecular weight is 183 g/mol. The molecular weight excluding hydrogens is 170 g/mol. The van der Waals surface area contributed by atoms with Crippen LogP contribution in [0.5, 0.6) is 0 Å². The van der Waals surface area contributed by atoms with Crippen LogP contribution in [0.1, 0.15) is 12.5 Å². The number of anilines is 1. The molecule has 0 atom stereocenters. The predicted octanol–water partition coefficient (Wildman–Crippen LogP) is 3.46. The van der Waals surface area contributed by atoms with Crippen molar-refractivity contribution in [1.82, 2.24) is 0 Å². The molecule has 0 amide bonds. The summed E-state index contributed by atoms with van der Waals surface area (Å²) in [6.07, 6.45) is 4.14. The average Bonchev–Trinajstić information content (AvgIpc) is 2.23. The maximum Gasteiger partial charge on any atom is 0.0394 e. The molecule has 14 heavy (non-hydrogen) atoms. The van der Waals surface area contributed by atoms with Gasteiger partial charge < -0.3 is 5.73 Å². The first-order valence-electron chi connectivity index (χ1n) is 4.73. The third-order valence-corrected chi connectivity index (χ3v) is 2.34. The van der Waals surface area contributed by atoms with Gasteiger partial charge in [0.05, 0.1) is 0 Å². The predicted molar refractivity (Wildman–Crippen MR) is 63.1 cm³/mol. The first-order valence-corrected chi connectivity index (χ1v) is 4.73. The molecule has 0 radical (unpaired) electrons. The summed E-state index contributed by atoms with van der Waals surface area (Å²) >= 11 is 0. The van der Waals surface area contributed by atoms with E-state index in [1.807, 2.05) is 31.2 Å². The van der Waals surface area contributed by atoms with Gasteiger partial charge in [0.25, 0.3) is 0 Å². The van der Waals surface area contributed by atoms with Crippen LogP contribution in [0, 0.1) is 0 Å². The fraction of sp³-hybridized carbons (Fsp3) is 0.0769. The van der Waals surface area contributed by atoms with Crippen molar-refractivity contribution in [3.05, 3.63) is 48.0 Å². The van der Waals surface area contributed by atoms with Crippen molar-refractivity contribution in [1.29, 1.82) is 0 Å². The van der Waals surface area contributed by atoms with Crippen LogP contribution in [-0.4, -0.2) is 0 Å². The minimum atomic E-state index is 0.842. The largest absolute Gasteiger partial charge is 0.398 e. The molecule has 70 valence electrons. The highest BCUT2D eigenvalue weighted by atomic mass is 14.5. The number of nitrogen functional groups attached to an aromatic ring is 1. The van der Waals surface area contributed by atoms with Crippen LogP contribution in [0.2, 0.25) is 0 Å². The number of allylic oxidation sites excluding steroid dienone is 1. The Balaban J connectivity index is 2.81. The van der Waals surface area contributed by atoms with E-state index in [2.05, 4.69) is 24.3 Å². The van der Waals surface area contributed by atoms with Crippen LogP contribution in [-0.2, 0) is 0 Å². The Bertz CT molecular complexity index is 484. The zero-order valence-electron chi connectivity index (χ0n) is 8.20. The van der Waals surface area contributed by atoms with Crippen molar-refractivity contribution in [2.24, 2.45) is 0 Å². The van der Waals surface area contributed by atoms with Crippen molar-refractivity contribution in [2.75, 3.05) is 5.73 Å². The van der Waals surface area contributed by atoms with Gasteiger partial charge in [-0.2, -0.15) is 0 Å². The van der Waals surface area contributed by atoms with Crippen LogP contribution in [0.3, 0.4) is 0 Å². The third-order valence-electron chi connectivity index (χ3n) is 2.34. The van der Waals surface area contributed by atoms with E-state index in [0.717, 1.165) is 11.1 Å². The highest BCUT2D eigenvalue weighted by Gasteiger charge is 1.99. The van der Waals surface area contributed by atoms with E-state index in [0.29, 0.717) is 0 Å². The minimum Gasteiger partial charge on any atom is -0.398 e. The molecule has 0 fully saturated rings. The Morgan fingerprint density at radius 3 is 2.43 bits per heavy atom. The standard InChI is InChI=1S/C13H13N/c1-2-5-10-8-9-13(14)12-7-4-3-6-11(10)12/h2-9H,14H2,1H3/b5-2+. The second-order valence-electron chi connectivity index (χ2n) is 3.29. The first kappa shape index (κ1) is 8.82. The van der Waals surface area contributed by atoms with E-state index in [4.69, 9.17) is 5.73 Å². The van der Waals surface area contributed by atoms with Crippen LogP contribution in [0.15, 0.2) is 42.5 Å². The number of hydrogen-bond donors (Lipinski definition) is 1. The zero-order valence-corrected chi connectivity index (χ0v) is 8.20. The summed E-state index contributed by atoms with van der Waals surface area (Å²) in [7, 11) is 0. The number of hydrogen-bond acceptors (Lipinski definition) is 1. The molecule has 0 unspecified atom stereocenters. The molecule has 1 nitrogen and oxygen atoms in total. The van der Waals surface area contributed by atoms with Gasteiger partial charge in [0, 0.05) is 11.1 Å². The summed E-state index contributed by atoms with van der Waals surface area (Å²) in [4.78, 5) is 0. The maximum absolute atomic E-state index is 5.90. The summed E-state index contributed by atoms with van der Waals surface area (Å²) in [6.45, 7) is 2.02. The van der Waals surface area contributed by atoms with Gasteiger partial charge in [0.15, 0.2) is 0 Å². The number of fused-ring (bicyclic) bond motifs is 1. The fourth-order valence-corrected chi connectivity index (χ4v) is 1.67. The molecule has 1 heteroatoms. The molecular formula is C13H13N. The minimum absolute atomic E-state index is 0.842. The number of nitrogens with two attached hydrogens (primary N) is 1. The zero-order chi connectivity index (χ0) is 9.97. The van der Waals surface area contributed by atoms with Crippen molar-refractivity contribution >= 4 is 22.5 Å². The molecule has 2 N–H and O–H groups in total. The van der Waals surface area contributed by atoms with Gasteiger partial charge in [-0.15, -0.1) is 0 Å². The normalized spacial score (nSPS) is 11.2. The van der Waals surface area contributed by atoms with Gasteiger partial charge in [0.2, 0.25) is 0 Å². The van der Waals surface area contributed by atoms with Crippen molar-refractivity contribution in [3.8, 4) is 0 Å². The summed E-state index contributed by atoms with van der Waals surface area (Å²) in [6, 6.07) is 12.2. The molecule has 0 bridgehead atoms. The first-order chi connectivity index (χ1) is 6.83. The molecule has 2 rings (SSSR count). The van der Waals surface area contributed by atoms with Crippen LogP contribution in [0.4, 0.5) is 5.69 Å². The lowest BCUT2D eigenvalue weighted by molar-refractivity contribution is 1.68. The van der Waals surface area contributed by atoms with Crippen LogP contribution < -0.4 is 5.73 Å². The summed E-state index contributed by atoms with van der Waals surface area (Å²) < 4.78 is 0. The lowest BCUT2D eigenvalue weighted by Gasteiger charge is -2.04. The Kier molecular flexibility index (Phi) is 2.23. The number of benzene rings is 2. The third kappa shape index (κ3) is 1.37. The molecule has 0 aliphatic heterocycles. The van der Waals surface area contributed by atoms with Crippen molar-refractivity contribution in [3.63, 3.8) is 0 Å². The Labute approximate surface area is 83.9 Å². The van der Waals surface area contributed by atoms with Gasteiger partial charge in [-0.1, -0.05) is 42.5 Å². The molecule has 2 aromatic carbocycles. The number of rotatable bonds is 1. The molecule has 0 saturated heterocycles. The lowest BCUT2D eigenvalue weighted by atomic mass is 10.0. The highest BCUT2D eigenvalue weighted by Crippen LogP contribution is 2.25. The Hall–Kier alpha value is -1.76. The van der Waals surface area contributed by atoms with E-state index in [9.17, 15) is 0 Å². The Morgan fingerprint density at radius 1 is 1.00 bits per heavy atom. The second-order valence-corrected chi connectivity index (χ2v) is 3.29. The smallest absolute Gasteiger partial charge is 0.0394 e. The highest BCUT2D eigenvalue weighted by molar-refractivity contribution is 5.98. The Morgan fingerprint density at radius 2 is 1.71 bits per heavy atom. The van der Waals surface area contributed by atoms with E-state index >= 15 is 0 Å². The summed E-state index contributed by atoms with van der Waals surface area (Å²) in [5, 5.41) is 2.34. The summed E-state index contributed by atoms with van der Waals surface area (Å²) in [5.74, 6) is 0. The van der Waals surface area contributed by atoms with Gasteiger partial charge >= 0.3 is 0 Å². The molecule has 0 aliphatic rings. The van der Waals surface area contributed by atoms with E-state index in [1.54, 1.807) is 0 Å². The quantitative estimate of drug-likeness (QED) is 0.673. The fourth-order valence-electron chi connectivity index (χ4n) is 1.67. The van der Waals surface area contributed by atoms with Gasteiger partial charge in [-0.3, -0.25) is 0 Å². The van der Waals surface area contributed by atoms with Crippen molar-refractivity contribution in [2.45, 2.75) is 6.92 Å². The van der Waals surface area contributed by atoms with Gasteiger partial charge in [0.1, 0.15) is 0 Å². The molecule has 0 saturated carbocycles. The second kappa shape index (κ2) is 3.54. The lowest BCUT2D eigenvalue weighted by Crippen LogP contribution is -1.87. The van der Waals surface area contributed by atoms with E-state index < -0.39 is 0 Å².